The summed E-state index contributed by atoms with van der Waals surface area (Å²) in [5.41, 5.74) is 3.23. The molecule has 2 amide bonds. The second kappa shape index (κ2) is 14.3. The van der Waals surface area contributed by atoms with Crippen molar-refractivity contribution < 1.29 is 18.0 Å². The van der Waals surface area contributed by atoms with Crippen LogP contribution in [0.3, 0.4) is 0 Å². The normalized spacial score (nSPS) is 14.5. The summed E-state index contributed by atoms with van der Waals surface area (Å²) in [7, 11) is -3.80. The first-order valence-electron chi connectivity index (χ1n) is 14.5. The van der Waals surface area contributed by atoms with Gasteiger partial charge in [0, 0.05) is 23.5 Å². The smallest absolute Gasteiger partial charge is 0.244 e. The molecule has 7 nitrogen and oxygen atoms in total. The highest BCUT2D eigenvalue weighted by molar-refractivity contribution is 9.10. The summed E-state index contributed by atoms with van der Waals surface area (Å²) in [5, 5.41) is 3.19. The number of anilines is 1. The maximum atomic E-state index is 14.2. The zero-order valence-corrected chi connectivity index (χ0v) is 26.9. The Hall–Kier alpha value is -3.17. The van der Waals surface area contributed by atoms with Crippen molar-refractivity contribution in [3.8, 4) is 0 Å². The Morgan fingerprint density at radius 2 is 1.57 bits per heavy atom. The van der Waals surface area contributed by atoms with Crippen molar-refractivity contribution in [3.63, 3.8) is 0 Å². The van der Waals surface area contributed by atoms with Crippen LogP contribution >= 0.6 is 15.9 Å². The van der Waals surface area contributed by atoms with E-state index in [9.17, 15) is 18.0 Å². The minimum atomic E-state index is -3.80. The number of sulfonamides is 1. The second-order valence-corrected chi connectivity index (χ2v) is 14.2. The Morgan fingerprint density at radius 1 is 0.929 bits per heavy atom. The average Bonchev–Trinajstić information content (AvgIpc) is 3.46. The average molecular weight is 655 g/mol. The van der Waals surface area contributed by atoms with E-state index in [1.807, 2.05) is 66.7 Å². The van der Waals surface area contributed by atoms with Crippen LogP contribution in [0.4, 0.5) is 5.69 Å². The number of amides is 2. The zero-order valence-electron chi connectivity index (χ0n) is 24.5. The number of hydrogen-bond acceptors (Lipinski definition) is 4. The molecule has 1 saturated carbocycles. The molecule has 0 radical (unpaired) electrons. The first kappa shape index (κ1) is 31.8. The summed E-state index contributed by atoms with van der Waals surface area (Å²) in [5.74, 6) is -0.387. The maximum Gasteiger partial charge on any atom is 0.244 e. The molecule has 4 rings (SSSR count). The molecule has 0 bridgehead atoms. The Labute approximate surface area is 258 Å². The Bertz CT molecular complexity index is 1460. The Balaban J connectivity index is 1.71. The third-order valence-electron chi connectivity index (χ3n) is 7.74. The van der Waals surface area contributed by atoms with Gasteiger partial charge in [0.05, 0.1) is 11.9 Å². The predicted octanol–water partition coefficient (Wildman–Crippen LogP) is 6.04. The van der Waals surface area contributed by atoms with E-state index in [2.05, 4.69) is 35.1 Å². The quantitative estimate of drug-likeness (QED) is 0.258. The largest absolute Gasteiger partial charge is 0.352 e. The van der Waals surface area contributed by atoms with E-state index in [0.29, 0.717) is 12.1 Å². The van der Waals surface area contributed by atoms with Crippen LogP contribution in [0.2, 0.25) is 0 Å². The third kappa shape index (κ3) is 8.67. The van der Waals surface area contributed by atoms with Gasteiger partial charge in [-0.05, 0) is 59.7 Å². The zero-order chi connectivity index (χ0) is 30.3. The molecule has 0 saturated heterocycles. The van der Waals surface area contributed by atoms with E-state index < -0.39 is 28.5 Å². The van der Waals surface area contributed by atoms with E-state index in [4.69, 9.17) is 0 Å². The summed E-state index contributed by atoms with van der Waals surface area (Å²) < 4.78 is 28.0. The van der Waals surface area contributed by atoms with Crippen molar-refractivity contribution in [3.05, 3.63) is 100 Å². The van der Waals surface area contributed by atoms with Gasteiger partial charge in [0.15, 0.2) is 0 Å². The summed E-state index contributed by atoms with van der Waals surface area (Å²) in [6.07, 6.45) is 5.36. The van der Waals surface area contributed by atoms with Crippen molar-refractivity contribution >= 4 is 43.5 Å². The van der Waals surface area contributed by atoms with Gasteiger partial charge in [0.2, 0.25) is 21.8 Å². The Morgan fingerprint density at radius 3 is 2.17 bits per heavy atom. The van der Waals surface area contributed by atoms with Crippen LogP contribution in [0.5, 0.6) is 0 Å². The lowest BCUT2D eigenvalue weighted by atomic mass is 10.0. The SMILES string of the molecule is CC(C)c1ccc(N(CC(=O)N(Cc2cccc(Br)c2)[C@@H](Cc2ccccc2)C(=O)NC2CCCC2)S(C)(=O)=O)cc1. The number of nitrogens with one attached hydrogen (secondary N) is 1. The highest BCUT2D eigenvalue weighted by atomic mass is 79.9. The molecule has 0 aliphatic heterocycles. The maximum absolute atomic E-state index is 14.2. The molecular formula is C33H40BrN3O4S. The van der Waals surface area contributed by atoms with E-state index in [-0.39, 0.29) is 24.4 Å². The highest BCUT2D eigenvalue weighted by Crippen LogP contribution is 2.24. The standard InChI is InChI=1S/C33H40BrN3O4S/c1-24(2)27-16-18-30(19-17-27)37(42(3,40)41)23-32(38)36(22-26-12-9-13-28(34)20-26)31(21-25-10-5-4-6-11-25)33(39)35-29-14-7-8-15-29/h4-6,9-13,16-20,24,29,31H,7-8,14-15,21-23H2,1-3H3,(H,35,39)/t31-/m0/s1. The molecule has 1 atom stereocenters. The van der Waals surface area contributed by atoms with Crippen LogP contribution in [-0.2, 0) is 32.6 Å². The van der Waals surface area contributed by atoms with Crippen molar-refractivity contribution in [2.24, 2.45) is 0 Å². The summed E-state index contributed by atoms with van der Waals surface area (Å²) in [6.45, 7) is 3.86. The van der Waals surface area contributed by atoms with E-state index in [0.717, 1.165) is 57.4 Å². The summed E-state index contributed by atoms with van der Waals surface area (Å²) in [6, 6.07) is 23.7. The van der Waals surface area contributed by atoms with Crippen LogP contribution < -0.4 is 9.62 Å². The first-order valence-corrected chi connectivity index (χ1v) is 17.1. The Kier molecular flexibility index (Phi) is 10.8. The molecule has 0 unspecified atom stereocenters. The van der Waals surface area contributed by atoms with Gasteiger partial charge in [-0.25, -0.2) is 8.42 Å². The number of carbonyl (C=O) groups is 2. The van der Waals surface area contributed by atoms with Gasteiger partial charge >= 0.3 is 0 Å². The fourth-order valence-electron chi connectivity index (χ4n) is 5.39. The molecular weight excluding hydrogens is 614 g/mol. The fourth-order valence-corrected chi connectivity index (χ4v) is 6.69. The molecule has 224 valence electrons. The lowest BCUT2D eigenvalue weighted by molar-refractivity contribution is -0.140. The predicted molar refractivity (Wildman–Crippen MR) is 172 cm³/mol. The van der Waals surface area contributed by atoms with Gasteiger partial charge in [-0.15, -0.1) is 0 Å². The minimum absolute atomic E-state index is 0.0746. The molecule has 0 heterocycles. The monoisotopic (exact) mass is 653 g/mol. The van der Waals surface area contributed by atoms with Gasteiger partial charge in [-0.1, -0.05) is 97.2 Å². The molecule has 0 aromatic heterocycles. The van der Waals surface area contributed by atoms with Crippen LogP contribution in [0.1, 0.15) is 62.1 Å². The number of hydrogen-bond donors (Lipinski definition) is 1. The second-order valence-electron chi connectivity index (χ2n) is 11.4. The highest BCUT2D eigenvalue weighted by Gasteiger charge is 2.34. The summed E-state index contributed by atoms with van der Waals surface area (Å²) >= 11 is 3.51. The number of benzene rings is 3. The van der Waals surface area contributed by atoms with Gasteiger partial charge in [-0.2, -0.15) is 0 Å². The van der Waals surface area contributed by atoms with Crippen LogP contribution in [0.25, 0.3) is 0 Å². The molecule has 3 aromatic rings. The molecule has 3 aromatic carbocycles. The lowest BCUT2D eigenvalue weighted by Crippen LogP contribution is -2.54. The third-order valence-corrected chi connectivity index (χ3v) is 9.38. The molecule has 1 aliphatic rings. The van der Waals surface area contributed by atoms with Gasteiger partial charge in [0.25, 0.3) is 0 Å². The van der Waals surface area contributed by atoms with Crippen molar-refractivity contribution in [2.45, 2.75) is 70.5 Å². The molecule has 1 aliphatic carbocycles. The van der Waals surface area contributed by atoms with Crippen LogP contribution in [-0.4, -0.2) is 50.0 Å². The lowest BCUT2D eigenvalue weighted by Gasteiger charge is -2.34. The minimum Gasteiger partial charge on any atom is -0.352 e. The van der Waals surface area contributed by atoms with Crippen molar-refractivity contribution in [1.29, 1.82) is 0 Å². The van der Waals surface area contributed by atoms with Crippen molar-refractivity contribution in [2.75, 3.05) is 17.1 Å². The van der Waals surface area contributed by atoms with Gasteiger partial charge in [-0.3, -0.25) is 13.9 Å². The molecule has 0 spiro atoms. The van der Waals surface area contributed by atoms with E-state index >= 15 is 0 Å². The number of carbonyl (C=O) groups excluding carboxylic acids is 2. The molecule has 9 heteroatoms. The van der Waals surface area contributed by atoms with Gasteiger partial charge in [0.1, 0.15) is 12.6 Å². The van der Waals surface area contributed by atoms with E-state index in [1.165, 1.54) is 0 Å². The van der Waals surface area contributed by atoms with E-state index in [1.54, 1.807) is 17.0 Å². The first-order chi connectivity index (χ1) is 20.0. The molecule has 1 fully saturated rings. The number of rotatable bonds is 12. The van der Waals surface area contributed by atoms with Crippen molar-refractivity contribution in [1.82, 2.24) is 10.2 Å². The van der Waals surface area contributed by atoms with Crippen LogP contribution in [0, 0.1) is 0 Å². The topological polar surface area (TPSA) is 86.8 Å². The summed E-state index contributed by atoms with van der Waals surface area (Å²) in [4.78, 5) is 29.7. The number of nitrogens with zero attached hydrogens (tertiary/aromatic N) is 2. The fraction of sp³-hybridized carbons (Fsp3) is 0.394. The molecule has 42 heavy (non-hydrogen) atoms. The van der Waals surface area contributed by atoms with Crippen LogP contribution in [0.15, 0.2) is 83.3 Å². The molecule has 1 N–H and O–H groups in total. The number of halogens is 1. The van der Waals surface area contributed by atoms with Gasteiger partial charge < -0.3 is 10.2 Å².